The largest absolute Gasteiger partial charge is 0.356 e. The van der Waals surface area contributed by atoms with Crippen LogP contribution in [0.1, 0.15) is 119 Å². The highest BCUT2D eigenvalue weighted by atomic mass is 16.6. The number of ether oxygens (including phenoxy) is 2. The van der Waals surface area contributed by atoms with E-state index in [0.29, 0.717) is 24.2 Å². The summed E-state index contributed by atoms with van der Waals surface area (Å²) in [5.74, 6) is 1.47. The van der Waals surface area contributed by atoms with Crippen molar-refractivity contribution < 1.29 is 19.7 Å². The fourth-order valence-electron chi connectivity index (χ4n) is 8.88. The van der Waals surface area contributed by atoms with Crippen LogP contribution >= 0.6 is 0 Å². The maximum absolute atomic E-state index is 10.6. The fraction of sp³-hybridized carbons (Fsp3) is 1.00. The summed E-state index contributed by atoms with van der Waals surface area (Å²) in [7, 11) is 2.22. The number of aliphatic hydroxyl groups excluding tert-OH is 2. The standard InChI is InChI=1S/C39H79N7O4/c1-38(2,3)49-36(47)45-22-16-30(17-23-45)10-13-32-28-33(41-19-9-21-43(7)20-8-18-40)29-35(42-32)31-11-14-34(15-12-31)44-24-26-46(27-25-44)37(48)50-39(4,5)6/h30-37,41-42,47-48H,8-29,40H2,1-7H3. The first kappa shape index (κ1) is 42.3. The van der Waals surface area contributed by atoms with Crippen LogP contribution in [0, 0.1) is 11.8 Å². The van der Waals surface area contributed by atoms with Gasteiger partial charge in [0, 0.05) is 63.4 Å². The van der Waals surface area contributed by atoms with Crippen molar-refractivity contribution in [1.82, 2.24) is 30.2 Å². The minimum absolute atomic E-state index is 0.342. The lowest BCUT2D eigenvalue weighted by atomic mass is 9.76. The number of piperazine rings is 1. The van der Waals surface area contributed by atoms with Crippen LogP contribution < -0.4 is 16.4 Å². The van der Waals surface area contributed by atoms with Crippen LogP contribution in [0.3, 0.4) is 0 Å². The van der Waals surface area contributed by atoms with Crippen molar-refractivity contribution in [3.8, 4) is 0 Å². The van der Waals surface area contributed by atoms with E-state index >= 15 is 0 Å². The molecular weight excluding hydrogens is 630 g/mol. The molecule has 0 aromatic rings. The molecule has 4 fully saturated rings. The second-order valence-electron chi connectivity index (χ2n) is 18.2. The first-order chi connectivity index (χ1) is 23.7. The number of likely N-dealkylation sites (tertiary alicyclic amines) is 1. The molecule has 11 nitrogen and oxygen atoms in total. The second kappa shape index (κ2) is 20.3. The Balaban J connectivity index is 1.24. The number of nitrogens with one attached hydrogen (secondary N) is 2. The molecule has 3 aliphatic heterocycles. The van der Waals surface area contributed by atoms with Crippen LogP contribution in [-0.2, 0) is 9.47 Å². The monoisotopic (exact) mass is 710 g/mol. The molecule has 1 aliphatic carbocycles. The van der Waals surface area contributed by atoms with Gasteiger partial charge in [-0.25, -0.2) is 0 Å². The van der Waals surface area contributed by atoms with E-state index in [4.69, 9.17) is 15.2 Å². The zero-order valence-corrected chi connectivity index (χ0v) is 33.3. The molecular formula is C39H79N7O4. The quantitative estimate of drug-likeness (QED) is 0.113. The summed E-state index contributed by atoms with van der Waals surface area (Å²) in [5, 5.41) is 29.4. The first-order valence-corrected chi connectivity index (χ1v) is 20.5. The average molecular weight is 710 g/mol. The van der Waals surface area contributed by atoms with E-state index in [0.717, 1.165) is 96.5 Å². The molecule has 4 rings (SSSR count). The Morgan fingerprint density at radius 2 is 1.36 bits per heavy atom. The van der Waals surface area contributed by atoms with Crippen molar-refractivity contribution in [3.05, 3.63) is 0 Å². The summed E-state index contributed by atoms with van der Waals surface area (Å²) in [5.41, 5.74) is 5.04. The Morgan fingerprint density at radius 1 is 0.780 bits per heavy atom. The van der Waals surface area contributed by atoms with Gasteiger partial charge in [0.15, 0.2) is 0 Å². The Hall–Kier alpha value is -0.440. The highest BCUT2D eigenvalue weighted by Gasteiger charge is 2.37. The molecule has 0 radical (unpaired) electrons. The summed E-state index contributed by atoms with van der Waals surface area (Å²) in [6, 6.07) is 2.41. The van der Waals surface area contributed by atoms with Crippen LogP contribution in [0.2, 0.25) is 0 Å². The summed E-state index contributed by atoms with van der Waals surface area (Å²) >= 11 is 0. The van der Waals surface area contributed by atoms with Crippen molar-refractivity contribution in [2.24, 2.45) is 17.6 Å². The number of aliphatic hydroxyl groups is 2. The third kappa shape index (κ3) is 14.8. The lowest BCUT2D eigenvalue weighted by Crippen LogP contribution is -2.57. The van der Waals surface area contributed by atoms with E-state index in [9.17, 15) is 10.2 Å². The second-order valence-corrected chi connectivity index (χ2v) is 18.2. The van der Waals surface area contributed by atoms with Gasteiger partial charge in [0.1, 0.15) is 0 Å². The Bertz CT molecular complexity index is 924. The van der Waals surface area contributed by atoms with E-state index < -0.39 is 12.8 Å². The van der Waals surface area contributed by atoms with Crippen LogP contribution in [0.25, 0.3) is 0 Å². The smallest absolute Gasteiger partial charge is 0.216 e. The van der Waals surface area contributed by atoms with Gasteiger partial charge in [-0.3, -0.25) is 14.7 Å². The van der Waals surface area contributed by atoms with Gasteiger partial charge in [0.05, 0.1) is 11.2 Å². The number of nitrogens with zero attached hydrogens (tertiary/aromatic N) is 4. The number of piperidine rings is 2. The third-order valence-electron chi connectivity index (χ3n) is 11.7. The zero-order valence-electron chi connectivity index (χ0n) is 33.3. The topological polar surface area (TPSA) is 122 Å². The molecule has 11 heteroatoms. The molecule has 5 atom stereocenters. The number of rotatable bonds is 17. The molecule has 294 valence electrons. The van der Waals surface area contributed by atoms with Gasteiger partial charge in [-0.2, -0.15) is 0 Å². The predicted molar refractivity (Wildman–Crippen MR) is 204 cm³/mol. The van der Waals surface area contributed by atoms with Gasteiger partial charge in [-0.1, -0.05) is 0 Å². The molecule has 3 saturated heterocycles. The number of nitrogens with two attached hydrogens (primary N) is 1. The zero-order chi connectivity index (χ0) is 36.3. The fourth-order valence-corrected chi connectivity index (χ4v) is 8.88. The van der Waals surface area contributed by atoms with Crippen molar-refractivity contribution >= 4 is 0 Å². The summed E-state index contributed by atoms with van der Waals surface area (Å²) in [4.78, 5) is 9.29. The Kier molecular flexibility index (Phi) is 17.2. The van der Waals surface area contributed by atoms with E-state index in [-0.39, 0.29) is 11.2 Å². The molecule has 3 heterocycles. The van der Waals surface area contributed by atoms with Gasteiger partial charge >= 0.3 is 0 Å². The van der Waals surface area contributed by atoms with E-state index in [1.807, 2.05) is 41.5 Å². The van der Waals surface area contributed by atoms with E-state index in [1.54, 1.807) is 0 Å². The molecule has 5 unspecified atom stereocenters. The summed E-state index contributed by atoms with van der Waals surface area (Å²) < 4.78 is 11.6. The summed E-state index contributed by atoms with van der Waals surface area (Å²) in [6.07, 6.45) is 13.1. The van der Waals surface area contributed by atoms with E-state index in [1.165, 1.54) is 57.8 Å². The maximum atomic E-state index is 10.6. The third-order valence-corrected chi connectivity index (χ3v) is 11.7. The SMILES string of the molecule is CN(CCCN)CCCNC1CC(CCC2CCN(C(O)OC(C)(C)C)CC2)NC(C2CCC(N3CCN(C(O)OC(C)(C)C)CC3)CC2)C1. The minimum Gasteiger partial charge on any atom is -0.356 e. The van der Waals surface area contributed by atoms with Gasteiger partial charge < -0.3 is 41.0 Å². The highest BCUT2D eigenvalue weighted by Crippen LogP contribution is 2.35. The van der Waals surface area contributed by atoms with Crippen LogP contribution in [0.15, 0.2) is 0 Å². The minimum atomic E-state index is -0.814. The highest BCUT2D eigenvalue weighted by molar-refractivity contribution is 4.95. The Labute approximate surface area is 306 Å². The molecule has 6 N–H and O–H groups in total. The molecule has 1 saturated carbocycles. The molecule has 0 bridgehead atoms. The number of hydrogen-bond acceptors (Lipinski definition) is 11. The first-order valence-electron chi connectivity index (χ1n) is 20.5. The van der Waals surface area contributed by atoms with Crippen LogP contribution in [0.5, 0.6) is 0 Å². The van der Waals surface area contributed by atoms with Crippen molar-refractivity contribution in [1.29, 1.82) is 0 Å². The molecule has 0 aromatic carbocycles. The maximum Gasteiger partial charge on any atom is 0.216 e. The number of hydrogen-bond donors (Lipinski definition) is 5. The van der Waals surface area contributed by atoms with Gasteiger partial charge in [0.25, 0.3) is 0 Å². The molecule has 4 aliphatic rings. The van der Waals surface area contributed by atoms with Crippen molar-refractivity contribution in [3.63, 3.8) is 0 Å². The predicted octanol–water partition coefficient (Wildman–Crippen LogP) is 3.59. The average Bonchev–Trinajstić information content (AvgIpc) is 3.07. The van der Waals surface area contributed by atoms with E-state index in [2.05, 4.69) is 37.3 Å². The lowest BCUT2D eigenvalue weighted by Gasteiger charge is -2.46. The van der Waals surface area contributed by atoms with Gasteiger partial charge in [-0.05, 0) is 164 Å². The van der Waals surface area contributed by atoms with Crippen LogP contribution in [0.4, 0.5) is 0 Å². The Morgan fingerprint density at radius 3 is 1.94 bits per heavy atom. The molecule has 50 heavy (non-hydrogen) atoms. The van der Waals surface area contributed by atoms with Crippen molar-refractivity contribution in [2.45, 2.75) is 167 Å². The lowest BCUT2D eigenvalue weighted by molar-refractivity contribution is -0.245. The van der Waals surface area contributed by atoms with Crippen molar-refractivity contribution in [2.75, 3.05) is 72.5 Å². The molecule has 0 spiro atoms. The molecule has 0 amide bonds. The van der Waals surface area contributed by atoms with Gasteiger partial charge in [0.2, 0.25) is 12.8 Å². The summed E-state index contributed by atoms with van der Waals surface area (Å²) in [6.45, 7) is 21.6. The normalized spacial score (nSPS) is 30.2. The van der Waals surface area contributed by atoms with Crippen LogP contribution in [-0.4, -0.2) is 151 Å². The molecule has 0 aromatic heterocycles. The van der Waals surface area contributed by atoms with Gasteiger partial charge in [-0.15, -0.1) is 0 Å².